The van der Waals surface area contributed by atoms with Gasteiger partial charge in [-0.05, 0) is 30.2 Å². The Morgan fingerprint density at radius 2 is 2.12 bits per heavy atom. The average molecular weight is 330 g/mol. The highest BCUT2D eigenvalue weighted by Crippen LogP contribution is 2.44. The summed E-state index contributed by atoms with van der Waals surface area (Å²) in [4.78, 5) is 23.1. The van der Waals surface area contributed by atoms with Crippen LogP contribution in [0.1, 0.15) is 54.3 Å². The second-order valence-corrected chi connectivity index (χ2v) is 7.16. The van der Waals surface area contributed by atoms with Gasteiger partial charge in [-0.2, -0.15) is 5.10 Å². The standard InChI is InChI=1S/C17H22N4O3/c1-9-4-5-13(17(9,2)3)20-14-11(15(18)22)7-19-21-8-10(16(23)24)6-12(14)21/h6-9,13,20H,4-5H2,1-3H3,(H2,18,22)(H,23,24)/t9-,13+/m0/s1. The molecule has 7 nitrogen and oxygen atoms in total. The molecule has 3 rings (SSSR count). The molecule has 0 unspecified atom stereocenters. The number of nitrogens with zero attached hydrogens (tertiary/aromatic N) is 2. The van der Waals surface area contributed by atoms with Crippen molar-refractivity contribution in [2.24, 2.45) is 17.1 Å². The fourth-order valence-electron chi connectivity index (χ4n) is 3.45. The van der Waals surface area contributed by atoms with Gasteiger partial charge in [-0.25, -0.2) is 9.31 Å². The minimum atomic E-state index is -1.04. The average Bonchev–Trinajstić information content (AvgIpc) is 3.04. The Morgan fingerprint density at radius 1 is 1.42 bits per heavy atom. The van der Waals surface area contributed by atoms with E-state index < -0.39 is 11.9 Å². The van der Waals surface area contributed by atoms with E-state index in [1.807, 2.05) is 0 Å². The quantitative estimate of drug-likeness (QED) is 0.797. The van der Waals surface area contributed by atoms with Gasteiger partial charge in [0.05, 0.1) is 28.5 Å². The predicted octanol–water partition coefficient (Wildman–Crippen LogP) is 2.37. The molecule has 1 aliphatic carbocycles. The third-order valence-corrected chi connectivity index (χ3v) is 5.52. The number of carboxylic acids is 1. The first-order valence-electron chi connectivity index (χ1n) is 8.03. The molecule has 0 spiro atoms. The molecule has 0 aliphatic heterocycles. The van der Waals surface area contributed by atoms with E-state index in [1.165, 1.54) is 23.0 Å². The molecule has 2 aromatic rings. The van der Waals surface area contributed by atoms with E-state index in [-0.39, 0.29) is 22.6 Å². The first kappa shape index (κ1) is 16.3. The topological polar surface area (TPSA) is 110 Å². The fourth-order valence-corrected chi connectivity index (χ4v) is 3.45. The Labute approximate surface area is 139 Å². The summed E-state index contributed by atoms with van der Waals surface area (Å²) < 4.78 is 1.46. The monoisotopic (exact) mass is 330 g/mol. The molecule has 0 aromatic carbocycles. The van der Waals surface area contributed by atoms with Gasteiger partial charge in [0.2, 0.25) is 0 Å². The van der Waals surface area contributed by atoms with Crippen LogP contribution in [0.3, 0.4) is 0 Å². The van der Waals surface area contributed by atoms with E-state index in [1.54, 1.807) is 0 Å². The van der Waals surface area contributed by atoms with Crippen molar-refractivity contribution in [3.63, 3.8) is 0 Å². The Hall–Kier alpha value is -2.57. The van der Waals surface area contributed by atoms with Crippen molar-refractivity contribution >= 4 is 23.1 Å². The zero-order valence-corrected chi connectivity index (χ0v) is 14.0. The zero-order valence-electron chi connectivity index (χ0n) is 14.0. The number of carbonyl (C=O) groups is 2. The van der Waals surface area contributed by atoms with Crippen molar-refractivity contribution in [2.75, 3.05) is 5.32 Å². The molecule has 128 valence electrons. The van der Waals surface area contributed by atoms with Gasteiger partial charge in [0, 0.05) is 12.2 Å². The second kappa shape index (κ2) is 5.51. The number of aromatic nitrogens is 2. The molecule has 0 saturated heterocycles. The summed E-state index contributed by atoms with van der Waals surface area (Å²) in [6.45, 7) is 6.62. The van der Waals surface area contributed by atoms with E-state index in [2.05, 4.69) is 31.2 Å². The number of fused-ring (bicyclic) bond motifs is 1. The number of carboxylic acid groups (broad SMARTS) is 1. The van der Waals surface area contributed by atoms with Crippen LogP contribution < -0.4 is 11.1 Å². The molecule has 1 aliphatic rings. The zero-order chi connectivity index (χ0) is 17.6. The number of amides is 1. The number of rotatable bonds is 4. The third kappa shape index (κ3) is 2.50. The summed E-state index contributed by atoms with van der Waals surface area (Å²) in [6, 6.07) is 1.68. The number of carbonyl (C=O) groups excluding carboxylic acids is 1. The van der Waals surface area contributed by atoms with Crippen LogP contribution in [-0.4, -0.2) is 32.6 Å². The number of hydrogen-bond acceptors (Lipinski definition) is 4. The maximum absolute atomic E-state index is 11.8. The normalized spacial score (nSPS) is 22.6. The molecule has 0 radical (unpaired) electrons. The highest BCUT2D eigenvalue weighted by molar-refractivity contribution is 6.03. The Morgan fingerprint density at radius 3 is 2.67 bits per heavy atom. The molecular weight excluding hydrogens is 308 g/mol. The van der Waals surface area contributed by atoms with Crippen LogP contribution in [0.2, 0.25) is 0 Å². The van der Waals surface area contributed by atoms with Gasteiger partial charge in [-0.3, -0.25) is 4.79 Å². The van der Waals surface area contributed by atoms with Crippen molar-refractivity contribution in [3.8, 4) is 0 Å². The summed E-state index contributed by atoms with van der Waals surface area (Å²) in [5.41, 5.74) is 7.03. The van der Waals surface area contributed by atoms with Crippen LogP contribution in [0, 0.1) is 11.3 Å². The van der Waals surface area contributed by atoms with E-state index in [4.69, 9.17) is 5.73 Å². The fraction of sp³-hybridized carbons (Fsp3) is 0.471. The number of nitrogens with two attached hydrogens (primary N) is 1. The molecule has 2 aromatic heterocycles. The van der Waals surface area contributed by atoms with Crippen molar-refractivity contribution in [1.82, 2.24) is 9.61 Å². The Balaban J connectivity index is 2.11. The molecule has 2 heterocycles. The third-order valence-electron chi connectivity index (χ3n) is 5.52. The highest BCUT2D eigenvalue weighted by atomic mass is 16.4. The van der Waals surface area contributed by atoms with E-state index in [9.17, 15) is 14.7 Å². The second-order valence-electron chi connectivity index (χ2n) is 7.16. The molecule has 0 bridgehead atoms. The predicted molar refractivity (Wildman–Crippen MR) is 90.3 cm³/mol. The number of nitrogens with one attached hydrogen (secondary N) is 1. The molecular formula is C17H22N4O3. The van der Waals surface area contributed by atoms with Gasteiger partial charge >= 0.3 is 5.97 Å². The number of aromatic carboxylic acids is 1. The summed E-state index contributed by atoms with van der Waals surface area (Å²) in [5, 5.41) is 16.8. The lowest BCUT2D eigenvalue weighted by atomic mass is 9.80. The van der Waals surface area contributed by atoms with Crippen LogP contribution in [0.25, 0.3) is 5.52 Å². The van der Waals surface area contributed by atoms with E-state index >= 15 is 0 Å². The van der Waals surface area contributed by atoms with Gasteiger partial charge in [-0.15, -0.1) is 0 Å². The van der Waals surface area contributed by atoms with Crippen LogP contribution in [0.5, 0.6) is 0 Å². The van der Waals surface area contributed by atoms with Crippen LogP contribution in [0.15, 0.2) is 18.5 Å². The maximum atomic E-state index is 11.8. The van der Waals surface area contributed by atoms with Gasteiger partial charge in [0.25, 0.3) is 5.91 Å². The minimum absolute atomic E-state index is 0.0530. The Bertz CT molecular complexity index is 825. The lowest BCUT2D eigenvalue weighted by Gasteiger charge is -2.33. The summed E-state index contributed by atoms with van der Waals surface area (Å²) in [7, 11) is 0. The first-order valence-corrected chi connectivity index (χ1v) is 8.03. The number of hydrogen-bond donors (Lipinski definition) is 3. The van der Waals surface area contributed by atoms with Crippen molar-refractivity contribution in [1.29, 1.82) is 0 Å². The van der Waals surface area contributed by atoms with Crippen LogP contribution >= 0.6 is 0 Å². The van der Waals surface area contributed by atoms with Gasteiger partial charge in [0.15, 0.2) is 0 Å². The van der Waals surface area contributed by atoms with E-state index in [0.29, 0.717) is 17.1 Å². The molecule has 1 fully saturated rings. The van der Waals surface area contributed by atoms with Crippen LogP contribution in [0.4, 0.5) is 5.69 Å². The van der Waals surface area contributed by atoms with Crippen molar-refractivity contribution < 1.29 is 14.7 Å². The number of anilines is 1. The lowest BCUT2D eigenvalue weighted by molar-refractivity contribution is 0.0696. The van der Waals surface area contributed by atoms with Gasteiger partial charge in [0.1, 0.15) is 0 Å². The van der Waals surface area contributed by atoms with Crippen LogP contribution in [-0.2, 0) is 0 Å². The molecule has 4 N–H and O–H groups in total. The highest BCUT2D eigenvalue weighted by Gasteiger charge is 2.41. The maximum Gasteiger partial charge on any atom is 0.337 e. The van der Waals surface area contributed by atoms with E-state index in [0.717, 1.165) is 12.8 Å². The largest absolute Gasteiger partial charge is 0.478 e. The summed E-state index contributed by atoms with van der Waals surface area (Å²) >= 11 is 0. The number of primary amides is 1. The van der Waals surface area contributed by atoms with Gasteiger partial charge in [-0.1, -0.05) is 20.8 Å². The molecule has 7 heteroatoms. The first-order chi connectivity index (χ1) is 11.2. The minimum Gasteiger partial charge on any atom is -0.478 e. The lowest BCUT2D eigenvalue weighted by Crippen LogP contribution is -2.35. The smallest absolute Gasteiger partial charge is 0.337 e. The molecule has 1 saturated carbocycles. The van der Waals surface area contributed by atoms with Crippen molar-refractivity contribution in [3.05, 3.63) is 29.6 Å². The van der Waals surface area contributed by atoms with Gasteiger partial charge < -0.3 is 16.2 Å². The summed E-state index contributed by atoms with van der Waals surface area (Å²) in [5.74, 6) is -1.08. The molecule has 1 amide bonds. The summed E-state index contributed by atoms with van der Waals surface area (Å²) in [6.07, 6.45) is 4.89. The molecule has 24 heavy (non-hydrogen) atoms. The van der Waals surface area contributed by atoms with Crippen molar-refractivity contribution in [2.45, 2.75) is 39.7 Å². The Kier molecular flexibility index (Phi) is 3.74. The SMILES string of the molecule is C[C@H]1CC[C@@H](Nc2c(C(N)=O)cnn3cc(C(=O)O)cc23)C1(C)C. The molecule has 2 atom stereocenters.